The lowest BCUT2D eigenvalue weighted by Gasteiger charge is -2.14. The first kappa shape index (κ1) is 13.5. The van der Waals surface area contributed by atoms with Gasteiger partial charge >= 0.3 is 5.97 Å². The fraction of sp³-hybridized carbons (Fsp3) is 0.188. The molecule has 0 aliphatic heterocycles. The van der Waals surface area contributed by atoms with Crippen molar-refractivity contribution < 1.29 is 14.3 Å². The van der Waals surface area contributed by atoms with Gasteiger partial charge in [-0.1, -0.05) is 18.2 Å². The molecule has 0 fully saturated rings. The lowest BCUT2D eigenvalue weighted by Crippen LogP contribution is -2.28. The number of aromatic amines is 1. The van der Waals surface area contributed by atoms with Gasteiger partial charge in [-0.05, 0) is 25.1 Å². The summed E-state index contributed by atoms with van der Waals surface area (Å²) in [5.41, 5.74) is 2.57. The first-order chi connectivity index (χ1) is 10.2. The van der Waals surface area contributed by atoms with Crippen molar-refractivity contribution >= 4 is 16.9 Å². The van der Waals surface area contributed by atoms with Gasteiger partial charge in [-0.3, -0.25) is 10.1 Å². The molecule has 3 aromatic rings. The first-order valence-corrected chi connectivity index (χ1v) is 6.72. The van der Waals surface area contributed by atoms with Crippen LogP contribution in [-0.2, 0) is 11.3 Å². The molecule has 5 heteroatoms. The van der Waals surface area contributed by atoms with Crippen LogP contribution in [0.1, 0.15) is 23.1 Å². The molecular weight excluding hydrogens is 268 g/mol. The third kappa shape index (κ3) is 2.55. The van der Waals surface area contributed by atoms with E-state index in [1.807, 2.05) is 37.3 Å². The Labute approximate surface area is 121 Å². The number of para-hydroxylation sites is 1. The fourth-order valence-electron chi connectivity index (χ4n) is 2.60. The standard InChI is InChI=1S/C16H16N2O3/c1-10-14(12-6-2-3-7-13(12)18-10)15(16(19)20)17-9-11-5-4-8-21-11/h2-8,15,17-18H,9H2,1H3,(H,19,20)/t15-/m1/s1. The third-order valence-corrected chi connectivity index (χ3v) is 3.54. The summed E-state index contributed by atoms with van der Waals surface area (Å²) in [5.74, 6) is -0.201. The second kappa shape index (κ2) is 5.46. The number of H-pyrrole nitrogens is 1. The number of carboxylic acid groups (broad SMARTS) is 1. The summed E-state index contributed by atoms with van der Waals surface area (Å²) in [7, 11) is 0. The third-order valence-electron chi connectivity index (χ3n) is 3.54. The maximum Gasteiger partial charge on any atom is 0.325 e. The zero-order valence-electron chi connectivity index (χ0n) is 11.6. The Bertz CT molecular complexity index is 759. The van der Waals surface area contributed by atoms with Crippen LogP contribution >= 0.6 is 0 Å². The van der Waals surface area contributed by atoms with E-state index >= 15 is 0 Å². The number of fused-ring (bicyclic) bond motifs is 1. The van der Waals surface area contributed by atoms with Gasteiger partial charge in [-0.15, -0.1) is 0 Å². The van der Waals surface area contributed by atoms with E-state index < -0.39 is 12.0 Å². The minimum Gasteiger partial charge on any atom is -0.480 e. The van der Waals surface area contributed by atoms with Gasteiger partial charge in [0.05, 0.1) is 12.8 Å². The summed E-state index contributed by atoms with van der Waals surface area (Å²) >= 11 is 0. The smallest absolute Gasteiger partial charge is 0.325 e. The van der Waals surface area contributed by atoms with Crippen molar-refractivity contribution in [1.82, 2.24) is 10.3 Å². The van der Waals surface area contributed by atoms with E-state index in [2.05, 4.69) is 10.3 Å². The molecule has 3 N–H and O–H groups in total. The molecule has 1 atom stereocenters. The maximum atomic E-state index is 11.6. The molecular formula is C16H16N2O3. The van der Waals surface area contributed by atoms with Crippen LogP contribution in [0.4, 0.5) is 0 Å². The largest absolute Gasteiger partial charge is 0.480 e. The zero-order chi connectivity index (χ0) is 14.8. The zero-order valence-corrected chi connectivity index (χ0v) is 11.6. The van der Waals surface area contributed by atoms with Gasteiger partial charge in [0.2, 0.25) is 0 Å². The van der Waals surface area contributed by atoms with Gasteiger partial charge in [0, 0.05) is 22.2 Å². The van der Waals surface area contributed by atoms with Crippen molar-refractivity contribution in [2.75, 3.05) is 0 Å². The van der Waals surface area contributed by atoms with Crippen LogP contribution in [0, 0.1) is 6.92 Å². The quantitative estimate of drug-likeness (QED) is 0.673. The highest BCUT2D eigenvalue weighted by molar-refractivity contribution is 5.90. The van der Waals surface area contributed by atoms with E-state index in [1.54, 1.807) is 12.3 Å². The summed E-state index contributed by atoms with van der Waals surface area (Å²) in [6.45, 7) is 2.25. The number of nitrogens with one attached hydrogen (secondary N) is 2. The number of benzene rings is 1. The van der Waals surface area contributed by atoms with Gasteiger partial charge in [0.1, 0.15) is 11.8 Å². The maximum absolute atomic E-state index is 11.6. The molecule has 0 aliphatic carbocycles. The van der Waals surface area contributed by atoms with Crippen LogP contribution in [0.3, 0.4) is 0 Å². The van der Waals surface area contributed by atoms with E-state index in [9.17, 15) is 9.90 Å². The lowest BCUT2D eigenvalue weighted by molar-refractivity contribution is -0.139. The number of rotatable bonds is 5. The Kier molecular flexibility index (Phi) is 3.50. The van der Waals surface area contributed by atoms with Crippen LogP contribution in [0.2, 0.25) is 0 Å². The molecule has 1 aromatic carbocycles. The van der Waals surface area contributed by atoms with Gasteiger partial charge in [0.25, 0.3) is 0 Å². The van der Waals surface area contributed by atoms with E-state index in [0.29, 0.717) is 12.3 Å². The van der Waals surface area contributed by atoms with Crippen molar-refractivity contribution in [2.24, 2.45) is 0 Å². The second-order valence-corrected chi connectivity index (χ2v) is 4.94. The van der Waals surface area contributed by atoms with Crippen LogP contribution in [0.15, 0.2) is 47.1 Å². The molecule has 0 bridgehead atoms. The summed E-state index contributed by atoms with van der Waals surface area (Å²) in [6.07, 6.45) is 1.57. The number of aryl methyl sites for hydroxylation is 1. The molecule has 0 aliphatic rings. The predicted octanol–water partition coefficient (Wildman–Crippen LogP) is 2.98. The van der Waals surface area contributed by atoms with Crippen molar-refractivity contribution in [2.45, 2.75) is 19.5 Å². The average Bonchev–Trinajstić information content (AvgIpc) is 3.07. The van der Waals surface area contributed by atoms with Crippen LogP contribution in [0.25, 0.3) is 10.9 Å². The normalized spacial score (nSPS) is 12.6. The minimum atomic E-state index is -0.908. The Balaban J connectivity index is 1.95. The number of aromatic nitrogens is 1. The van der Waals surface area contributed by atoms with E-state index in [1.165, 1.54) is 0 Å². The molecule has 0 saturated heterocycles. The van der Waals surface area contributed by atoms with Gasteiger partial charge in [0.15, 0.2) is 0 Å². The summed E-state index contributed by atoms with van der Waals surface area (Å²) < 4.78 is 5.24. The molecule has 2 heterocycles. The Morgan fingerprint density at radius 1 is 1.33 bits per heavy atom. The van der Waals surface area contributed by atoms with E-state index in [4.69, 9.17) is 4.42 Å². The fourth-order valence-corrected chi connectivity index (χ4v) is 2.60. The highest BCUT2D eigenvalue weighted by Crippen LogP contribution is 2.28. The van der Waals surface area contributed by atoms with Crippen molar-refractivity contribution in [1.29, 1.82) is 0 Å². The summed E-state index contributed by atoms with van der Waals surface area (Å²) in [4.78, 5) is 14.9. The number of carboxylic acids is 1. The Hall–Kier alpha value is -2.53. The molecule has 0 radical (unpaired) electrons. The molecule has 0 unspecified atom stereocenters. The highest BCUT2D eigenvalue weighted by Gasteiger charge is 2.25. The molecule has 108 valence electrons. The molecule has 3 rings (SSSR count). The van der Waals surface area contributed by atoms with Crippen LogP contribution in [0.5, 0.6) is 0 Å². The number of aliphatic carboxylic acids is 1. The van der Waals surface area contributed by atoms with Gasteiger partial charge in [-0.2, -0.15) is 0 Å². The summed E-state index contributed by atoms with van der Waals surface area (Å²) in [6, 6.07) is 10.5. The van der Waals surface area contributed by atoms with Gasteiger partial charge in [-0.25, -0.2) is 0 Å². The number of carbonyl (C=O) groups is 1. The molecule has 2 aromatic heterocycles. The molecule has 21 heavy (non-hydrogen) atoms. The average molecular weight is 284 g/mol. The SMILES string of the molecule is Cc1[nH]c2ccccc2c1[C@@H](NCc1ccco1)C(=O)O. The minimum absolute atomic E-state index is 0.364. The Morgan fingerprint density at radius 3 is 2.86 bits per heavy atom. The topological polar surface area (TPSA) is 78.3 Å². The number of hydrogen-bond donors (Lipinski definition) is 3. The first-order valence-electron chi connectivity index (χ1n) is 6.72. The monoisotopic (exact) mass is 284 g/mol. The van der Waals surface area contributed by atoms with Gasteiger partial charge < -0.3 is 14.5 Å². The van der Waals surface area contributed by atoms with E-state index in [-0.39, 0.29) is 0 Å². The Morgan fingerprint density at radius 2 is 2.14 bits per heavy atom. The van der Waals surface area contributed by atoms with Crippen molar-refractivity contribution in [3.8, 4) is 0 Å². The molecule has 0 spiro atoms. The summed E-state index contributed by atoms with van der Waals surface area (Å²) in [5, 5.41) is 13.5. The highest BCUT2D eigenvalue weighted by atomic mass is 16.4. The van der Waals surface area contributed by atoms with Crippen molar-refractivity contribution in [3.05, 3.63) is 59.7 Å². The predicted molar refractivity (Wildman–Crippen MR) is 79.0 cm³/mol. The molecule has 5 nitrogen and oxygen atoms in total. The van der Waals surface area contributed by atoms with Crippen LogP contribution in [-0.4, -0.2) is 16.1 Å². The van der Waals surface area contributed by atoms with Crippen molar-refractivity contribution in [3.63, 3.8) is 0 Å². The molecule has 0 amide bonds. The number of furan rings is 1. The lowest BCUT2D eigenvalue weighted by atomic mass is 10.0. The second-order valence-electron chi connectivity index (χ2n) is 4.94. The molecule has 0 saturated carbocycles. The number of hydrogen-bond acceptors (Lipinski definition) is 3. The van der Waals surface area contributed by atoms with Crippen LogP contribution < -0.4 is 5.32 Å². The van der Waals surface area contributed by atoms with E-state index in [0.717, 1.165) is 22.2 Å².